The molecule has 0 bridgehead atoms. The minimum atomic E-state index is -1.07. The van der Waals surface area contributed by atoms with Gasteiger partial charge in [-0.15, -0.1) is 0 Å². The number of hydrogen-bond acceptors (Lipinski definition) is 2. The topological polar surface area (TPSA) is 57.5 Å². The normalized spacial score (nSPS) is 10.9. The Hall–Kier alpha value is -1.51. The van der Waals surface area contributed by atoms with E-state index in [1.165, 1.54) is 31.7 Å². The van der Waals surface area contributed by atoms with Gasteiger partial charge in [-0.3, -0.25) is 0 Å². The second-order valence-electron chi connectivity index (χ2n) is 5.50. The maximum atomic E-state index is 10.9. The Kier molecular flexibility index (Phi) is 6.40. The van der Waals surface area contributed by atoms with Crippen molar-refractivity contribution in [3.8, 4) is 5.75 Å². The van der Waals surface area contributed by atoms with Gasteiger partial charge in [0.1, 0.15) is 11.3 Å². The number of hydrogen-bond donors (Lipinski definition) is 2. The molecule has 0 saturated carbocycles. The second-order valence-corrected chi connectivity index (χ2v) is 5.50. The van der Waals surface area contributed by atoms with E-state index in [1.807, 2.05) is 0 Å². The van der Waals surface area contributed by atoms with E-state index >= 15 is 0 Å². The minimum absolute atomic E-state index is 0.00249. The molecule has 1 aromatic rings. The van der Waals surface area contributed by atoms with E-state index in [2.05, 4.69) is 13.8 Å². The zero-order chi connectivity index (χ0) is 14.3. The van der Waals surface area contributed by atoms with E-state index in [-0.39, 0.29) is 11.3 Å². The summed E-state index contributed by atoms with van der Waals surface area (Å²) in [4.78, 5) is 10.9. The number of aromatic hydroxyl groups is 1. The first-order valence-electron chi connectivity index (χ1n) is 7.06. The smallest absolute Gasteiger partial charge is 0.339 e. The molecule has 0 unspecified atom stereocenters. The van der Waals surface area contributed by atoms with Crippen molar-refractivity contribution in [2.75, 3.05) is 0 Å². The highest BCUT2D eigenvalue weighted by atomic mass is 16.4. The summed E-state index contributed by atoms with van der Waals surface area (Å²) in [6.45, 7) is 4.48. The summed E-state index contributed by atoms with van der Waals surface area (Å²) < 4.78 is 0. The lowest BCUT2D eigenvalue weighted by molar-refractivity contribution is 0.0693. The highest BCUT2D eigenvalue weighted by Crippen LogP contribution is 2.20. The van der Waals surface area contributed by atoms with Gasteiger partial charge in [-0.1, -0.05) is 45.6 Å². The van der Waals surface area contributed by atoms with Crippen molar-refractivity contribution in [1.29, 1.82) is 0 Å². The molecule has 0 fully saturated rings. The Bertz CT molecular complexity index is 410. The van der Waals surface area contributed by atoms with Gasteiger partial charge in [0.2, 0.25) is 0 Å². The maximum Gasteiger partial charge on any atom is 0.339 e. The first kappa shape index (κ1) is 15.5. The summed E-state index contributed by atoms with van der Waals surface area (Å²) >= 11 is 0. The maximum absolute atomic E-state index is 10.9. The highest BCUT2D eigenvalue weighted by molar-refractivity contribution is 5.90. The number of carboxylic acids is 1. The van der Waals surface area contributed by atoms with Crippen LogP contribution in [0.3, 0.4) is 0 Å². The van der Waals surface area contributed by atoms with Crippen LogP contribution in [0.15, 0.2) is 18.2 Å². The van der Waals surface area contributed by atoms with Gasteiger partial charge in [0.15, 0.2) is 0 Å². The molecule has 0 aliphatic heterocycles. The number of carboxylic acid groups (broad SMARTS) is 1. The molecular formula is C16H24O3. The standard InChI is InChI=1S/C16H24O3/c1-12(2)7-5-3-4-6-8-13-9-10-15(17)14(11-13)16(18)19/h9-12,17H,3-8H2,1-2H3,(H,18,19). The molecular weight excluding hydrogens is 240 g/mol. The Morgan fingerprint density at radius 1 is 1.16 bits per heavy atom. The van der Waals surface area contributed by atoms with Gasteiger partial charge in [-0.05, 0) is 36.5 Å². The monoisotopic (exact) mass is 264 g/mol. The fourth-order valence-electron chi connectivity index (χ4n) is 2.15. The van der Waals surface area contributed by atoms with Crippen LogP contribution < -0.4 is 0 Å². The Balaban J connectivity index is 2.34. The van der Waals surface area contributed by atoms with E-state index < -0.39 is 5.97 Å². The fraction of sp³-hybridized carbons (Fsp3) is 0.562. The molecule has 0 aliphatic rings. The first-order valence-corrected chi connectivity index (χ1v) is 7.06. The predicted molar refractivity (Wildman–Crippen MR) is 76.7 cm³/mol. The lowest BCUT2D eigenvalue weighted by Crippen LogP contribution is -1.98. The molecule has 106 valence electrons. The third-order valence-electron chi connectivity index (χ3n) is 3.29. The average Bonchev–Trinajstić information content (AvgIpc) is 2.34. The van der Waals surface area contributed by atoms with Crippen LogP contribution >= 0.6 is 0 Å². The van der Waals surface area contributed by atoms with Crippen LogP contribution in [0.4, 0.5) is 0 Å². The fourth-order valence-corrected chi connectivity index (χ4v) is 2.15. The number of aryl methyl sites for hydroxylation is 1. The molecule has 0 radical (unpaired) electrons. The van der Waals surface area contributed by atoms with Crippen LogP contribution in [-0.2, 0) is 6.42 Å². The molecule has 3 heteroatoms. The SMILES string of the molecule is CC(C)CCCCCCc1ccc(O)c(C(=O)O)c1. The summed E-state index contributed by atoms with van der Waals surface area (Å²) in [5.41, 5.74) is 0.983. The number of carbonyl (C=O) groups is 1. The predicted octanol–water partition coefficient (Wildman–Crippen LogP) is 4.24. The zero-order valence-corrected chi connectivity index (χ0v) is 11.9. The molecule has 0 aromatic heterocycles. The molecule has 0 amide bonds. The van der Waals surface area contributed by atoms with Gasteiger partial charge < -0.3 is 10.2 Å². The van der Waals surface area contributed by atoms with Crippen molar-refractivity contribution < 1.29 is 15.0 Å². The zero-order valence-electron chi connectivity index (χ0n) is 11.9. The summed E-state index contributed by atoms with van der Waals surface area (Å²) in [5.74, 6) is -0.459. The molecule has 0 aliphatic carbocycles. The van der Waals surface area contributed by atoms with Crippen LogP contribution in [0.5, 0.6) is 5.75 Å². The lowest BCUT2D eigenvalue weighted by Gasteiger charge is -2.06. The van der Waals surface area contributed by atoms with Crippen molar-refractivity contribution in [2.24, 2.45) is 5.92 Å². The van der Waals surface area contributed by atoms with E-state index in [0.29, 0.717) is 0 Å². The number of rotatable bonds is 8. The van der Waals surface area contributed by atoms with E-state index in [0.717, 1.165) is 24.3 Å². The van der Waals surface area contributed by atoms with Crippen molar-refractivity contribution in [3.63, 3.8) is 0 Å². The van der Waals surface area contributed by atoms with E-state index in [4.69, 9.17) is 5.11 Å². The first-order chi connectivity index (χ1) is 9.00. The third-order valence-corrected chi connectivity index (χ3v) is 3.29. The summed E-state index contributed by atoms with van der Waals surface area (Å²) in [6.07, 6.45) is 6.91. The summed E-state index contributed by atoms with van der Waals surface area (Å²) in [5, 5.41) is 18.3. The molecule has 2 N–H and O–H groups in total. The highest BCUT2D eigenvalue weighted by Gasteiger charge is 2.09. The van der Waals surface area contributed by atoms with Crippen molar-refractivity contribution in [2.45, 2.75) is 52.4 Å². The quantitative estimate of drug-likeness (QED) is 0.690. The molecule has 0 saturated heterocycles. The van der Waals surface area contributed by atoms with Crippen LogP contribution in [0.25, 0.3) is 0 Å². The van der Waals surface area contributed by atoms with Gasteiger partial charge in [-0.25, -0.2) is 4.79 Å². The molecule has 0 heterocycles. The van der Waals surface area contributed by atoms with Gasteiger partial charge in [0.05, 0.1) is 0 Å². The van der Waals surface area contributed by atoms with Crippen LogP contribution in [0.1, 0.15) is 61.9 Å². The molecule has 1 aromatic carbocycles. The minimum Gasteiger partial charge on any atom is -0.507 e. The van der Waals surface area contributed by atoms with E-state index in [1.54, 1.807) is 12.1 Å². The van der Waals surface area contributed by atoms with Gasteiger partial charge in [0, 0.05) is 0 Å². The molecule has 0 spiro atoms. The van der Waals surface area contributed by atoms with Crippen molar-refractivity contribution in [1.82, 2.24) is 0 Å². The molecule has 0 atom stereocenters. The van der Waals surface area contributed by atoms with E-state index in [9.17, 15) is 9.90 Å². The second kappa shape index (κ2) is 7.82. The lowest BCUT2D eigenvalue weighted by atomic mass is 10.0. The van der Waals surface area contributed by atoms with Gasteiger partial charge in [-0.2, -0.15) is 0 Å². The summed E-state index contributed by atoms with van der Waals surface area (Å²) in [6, 6.07) is 4.85. The van der Waals surface area contributed by atoms with Crippen LogP contribution in [-0.4, -0.2) is 16.2 Å². The Morgan fingerprint density at radius 3 is 2.47 bits per heavy atom. The number of aromatic carboxylic acids is 1. The number of benzene rings is 1. The van der Waals surface area contributed by atoms with Crippen molar-refractivity contribution in [3.05, 3.63) is 29.3 Å². The largest absolute Gasteiger partial charge is 0.507 e. The summed E-state index contributed by atoms with van der Waals surface area (Å²) in [7, 11) is 0. The van der Waals surface area contributed by atoms with Gasteiger partial charge in [0.25, 0.3) is 0 Å². The molecule has 19 heavy (non-hydrogen) atoms. The number of unbranched alkanes of at least 4 members (excludes halogenated alkanes) is 3. The molecule has 1 rings (SSSR count). The van der Waals surface area contributed by atoms with Crippen LogP contribution in [0, 0.1) is 5.92 Å². The van der Waals surface area contributed by atoms with Crippen molar-refractivity contribution >= 4 is 5.97 Å². The number of phenols is 1. The Labute approximate surface area is 115 Å². The Morgan fingerprint density at radius 2 is 1.84 bits per heavy atom. The van der Waals surface area contributed by atoms with Crippen LogP contribution in [0.2, 0.25) is 0 Å². The van der Waals surface area contributed by atoms with Gasteiger partial charge >= 0.3 is 5.97 Å². The average molecular weight is 264 g/mol. The third kappa shape index (κ3) is 5.77. The molecule has 3 nitrogen and oxygen atoms in total.